The van der Waals surface area contributed by atoms with Gasteiger partial charge in [0.2, 0.25) is 5.78 Å². The fourth-order valence-corrected chi connectivity index (χ4v) is 2.01. The summed E-state index contributed by atoms with van der Waals surface area (Å²) in [6.07, 6.45) is 1.10. The third kappa shape index (κ3) is 2.72. The molecule has 0 fully saturated rings. The molecule has 0 bridgehead atoms. The van der Waals surface area contributed by atoms with Crippen molar-refractivity contribution < 1.29 is 9.18 Å². The van der Waals surface area contributed by atoms with Crippen molar-refractivity contribution in [2.75, 3.05) is 0 Å². The molecular weight excluding hydrogens is 339 g/mol. The molecule has 8 heteroatoms. The first-order valence-electron chi connectivity index (χ1n) is 4.84. The Labute approximate surface area is 126 Å². The van der Waals surface area contributed by atoms with Crippen LogP contribution in [-0.4, -0.2) is 14.6 Å². The first-order chi connectivity index (χ1) is 8.71. The van der Waals surface area contributed by atoms with Crippen molar-refractivity contribution in [3.8, 4) is 0 Å². The number of carbonyl (C=O) groups excluding carboxylic acids is 1. The van der Waals surface area contributed by atoms with Gasteiger partial charge in [0.1, 0.15) is 5.82 Å². The first-order valence-corrected chi connectivity index (χ1v) is 6.35. The lowest BCUT2D eigenvalue weighted by atomic mass is 10.1. The Morgan fingerprint density at radius 1 is 1.26 bits per heavy atom. The normalized spacial score (nSPS) is 11.8. The smallest absolute Gasteiger partial charge is 0.253 e. The maximum Gasteiger partial charge on any atom is 0.253 e. The standard InChI is InChI=1S/C11H4Cl4FNO2/c12-6-2-8-4(1-7(6)16)9(18)5(3-17-8)10(19)11(13,14)15/h1-3H,(H,17,18). The summed E-state index contributed by atoms with van der Waals surface area (Å²) in [5.74, 6) is -1.77. The lowest BCUT2D eigenvalue weighted by Gasteiger charge is -2.09. The Morgan fingerprint density at radius 3 is 2.47 bits per heavy atom. The molecule has 0 unspecified atom stereocenters. The molecule has 0 aliphatic carbocycles. The fourth-order valence-electron chi connectivity index (χ4n) is 1.54. The molecule has 0 amide bonds. The Bertz CT molecular complexity index is 736. The molecule has 100 valence electrons. The van der Waals surface area contributed by atoms with Crippen LogP contribution in [-0.2, 0) is 0 Å². The van der Waals surface area contributed by atoms with Gasteiger partial charge in [-0.15, -0.1) is 0 Å². The number of fused-ring (bicyclic) bond motifs is 1. The summed E-state index contributed by atoms with van der Waals surface area (Å²) in [5.41, 5.74) is -0.827. The van der Waals surface area contributed by atoms with Gasteiger partial charge in [0.15, 0.2) is 5.43 Å². The Hall–Kier alpha value is -0.810. The number of pyridine rings is 1. The minimum Gasteiger partial charge on any atom is -0.360 e. The summed E-state index contributed by atoms with van der Waals surface area (Å²) in [5, 5.41) is -0.203. The Morgan fingerprint density at radius 2 is 1.89 bits per heavy atom. The molecule has 0 saturated carbocycles. The summed E-state index contributed by atoms with van der Waals surface area (Å²) >= 11 is 21.9. The molecule has 2 rings (SSSR count). The minimum absolute atomic E-state index is 0.0537. The summed E-state index contributed by atoms with van der Waals surface area (Å²) in [4.78, 5) is 26.4. The molecule has 0 radical (unpaired) electrons. The van der Waals surface area contributed by atoms with Crippen LogP contribution in [0.4, 0.5) is 4.39 Å². The van der Waals surface area contributed by atoms with Gasteiger partial charge < -0.3 is 4.98 Å². The van der Waals surface area contributed by atoms with Crippen LogP contribution in [0.3, 0.4) is 0 Å². The zero-order chi connectivity index (χ0) is 14.4. The van der Waals surface area contributed by atoms with E-state index in [1.807, 2.05) is 0 Å². The maximum absolute atomic E-state index is 13.3. The van der Waals surface area contributed by atoms with E-state index in [2.05, 4.69) is 4.98 Å². The van der Waals surface area contributed by atoms with Gasteiger partial charge >= 0.3 is 0 Å². The number of carbonyl (C=O) groups is 1. The molecule has 0 aliphatic rings. The topological polar surface area (TPSA) is 49.9 Å². The highest BCUT2D eigenvalue weighted by Crippen LogP contribution is 2.30. The highest BCUT2D eigenvalue weighted by molar-refractivity contribution is 6.77. The van der Waals surface area contributed by atoms with Crippen molar-refractivity contribution in [3.05, 3.63) is 45.0 Å². The maximum atomic E-state index is 13.3. The van der Waals surface area contributed by atoms with Gasteiger partial charge in [-0.25, -0.2) is 4.39 Å². The monoisotopic (exact) mass is 341 g/mol. The number of hydrogen-bond donors (Lipinski definition) is 1. The molecular formula is C11H4Cl4FNO2. The second kappa shape index (κ2) is 4.94. The van der Waals surface area contributed by atoms with Crippen molar-refractivity contribution in [2.24, 2.45) is 0 Å². The average Bonchev–Trinajstić information content (AvgIpc) is 2.30. The highest BCUT2D eigenvalue weighted by Gasteiger charge is 2.33. The lowest BCUT2D eigenvalue weighted by molar-refractivity contribution is 0.0995. The van der Waals surface area contributed by atoms with Gasteiger partial charge in [0, 0.05) is 11.6 Å². The van der Waals surface area contributed by atoms with Crippen LogP contribution in [0.1, 0.15) is 10.4 Å². The van der Waals surface area contributed by atoms with Gasteiger partial charge in [0.25, 0.3) is 3.79 Å². The van der Waals surface area contributed by atoms with E-state index in [-0.39, 0.29) is 21.5 Å². The summed E-state index contributed by atoms with van der Waals surface area (Å²) in [7, 11) is 0. The van der Waals surface area contributed by atoms with E-state index in [0.29, 0.717) is 0 Å². The number of aromatic nitrogens is 1. The van der Waals surface area contributed by atoms with Crippen molar-refractivity contribution >= 4 is 63.1 Å². The van der Waals surface area contributed by atoms with E-state index in [0.717, 1.165) is 12.3 Å². The van der Waals surface area contributed by atoms with Crippen LogP contribution >= 0.6 is 46.4 Å². The van der Waals surface area contributed by atoms with E-state index in [9.17, 15) is 14.0 Å². The van der Waals surface area contributed by atoms with E-state index >= 15 is 0 Å². The van der Waals surface area contributed by atoms with Crippen LogP contribution in [0.15, 0.2) is 23.1 Å². The van der Waals surface area contributed by atoms with Crippen LogP contribution in [0.5, 0.6) is 0 Å². The zero-order valence-electron chi connectivity index (χ0n) is 8.94. The molecule has 0 aliphatic heterocycles. The molecule has 3 nitrogen and oxygen atoms in total. The lowest BCUT2D eigenvalue weighted by Crippen LogP contribution is -2.26. The number of nitrogens with one attached hydrogen (secondary N) is 1. The number of halogens is 5. The van der Waals surface area contributed by atoms with Gasteiger partial charge in [-0.2, -0.15) is 0 Å². The van der Waals surface area contributed by atoms with E-state index in [4.69, 9.17) is 46.4 Å². The Balaban J connectivity index is 2.75. The van der Waals surface area contributed by atoms with Crippen molar-refractivity contribution in [1.29, 1.82) is 0 Å². The molecule has 1 N–H and O–H groups in total. The molecule has 1 aromatic carbocycles. The van der Waals surface area contributed by atoms with Crippen LogP contribution < -0.4 is 5.43 Å². The SMILES string of the molecule is O=C(c1c[nH]c2cc(Cl)c(F)cc2c1=O)C(Cl)(Cl)Cl. The number of H-pyrrole nitrogens is 1. The quantitative estimate of drug-likeness (QED) is 0.631. The number of hydrogen-bond acceptors (Lipinski definition) is 2. The van der Waals surface area contributed by atoms with E-state index < -0.39 is 20.8 Å². The van der Waals surface area contributed by atoms with Crippen LogP contribution in [0.25, 0.3) is 10.9 Å². The third-order valence-corrected chi connectivity index (χ3v) is 3.23. The number of benzene rings is 1. The number of ketones is 1. The van der Waals surface area contributed by atoms with Gasteiger partial charge in [-0.05, 0) is 12.1 Å². The van der Waals surface area contributed by atoms with Crippen LogP contribution in [0.2, 0.25) is 5.02 Å². The first kappa shape index (κ1) is 14.6. The van der Waals surface area contributed by atoms with Gasteiger partial charge in [-0.1, -0.05) is 46.4 Å². The second-order valence-corrected chi connectivity index (χ2v) is 6.36. The Kier molecular flexibility index (Phi) is 3.80. The van der Waals surface area contributed by atoms with Crippen LogP contribution in [0, 0.1) is 5.82 Å². The molecule has 0 saturated heterocycles. The minimum atomic E-state index is -2.26. The number of alkyl halides is 3. The predicted molar refractivity (Wildman–Crippen MR) is 74.2 cm³/mol. The van der Waals surface area contributed by atoms with E-state index in [1.54, 1.807) is 0 Å². The zero-order valence-corrected chi connectivity index (χ0v) is 12.0. The van der Waals surface area contributed by atoms with E-state index in [1.165, 1.54) is 6.07 Å². The highest BCUT2D eigenvalue weighted by atomic mass is 35.6. The predicted octanol–water partition coefficient (Wildman–Crippen LogP) is 3.87. The molecule has 1 heterocycles. The molecule has 0 atom stereocenters. The third-order valence-electron chi connectivity index (χ3n) is 2.42. The molecule has 0 spiro atoms. The fraction of sp³-hybridized carbons (Fsp3) is 0.0909. The average molecular weight is 343 g/mol. The number of rotatable bonds is 1. The summed E-state index contributed by atoms with van der Waals surface area (Å²) in [6, 6.07) is 2.16. The van der Waals surface area contributed by atoms with Crippen molar-refractivity contribution in [3.63, 3.8) is 0 Å². The molecule has 2 aromatic rings. The second-order valence-electron chi connectivity index (χ2n) is 3.67. The van der Waals surface area contributed by atoms with Gasteiger partial charge in [-0.3, -0.25) is 9.59 Å². The van der Waals surface area contributed by atoms with Gasteiger partial charge in [0.05, 0.1) is 16.1 Å². The molecule has 19 heavy (non-hydrogen) atoms. The summed E-state index contributed by atoms with van der Waals surface area (Å²) in [6.45, 7) is 0. The number of aromatic amines is 1. The van der Waals surface area contributed by atoms with Crippen molar-refractivity contribution in [2.45, 2.75) is 3.79 Å². The number of Topliss-reactive ketones (excluding diaryl/α,β-unsaturated/α-hetero) is 1. The molecule has 1 aromatic heterocycles. The summed E-state index contributed by atoms with van der Waals surface area (Å²) < 4.78 is 11.1. The largest absolute Gasteiger partial charge is 0.360 e. The van der Waals surface area contributed by atoms with Crippen molar-refractivity contribution in [1.82, 2.24) is 4.98 Å².